The molecule has 3 atom stereocenters. The normalized spacial score (nSPS) is 29.9. The third kappa shape index (κ3) is 2.22. The quantitative estimate of drug-likeness (QED) is 0.743. The van der Waals surface area contributed by atoms with Gasteiger partial charge in [-0.3, -0.25) is 19.8 Å². The molecule has 2 amide bonds. The number of hydrogen-bond donors (Lipinski definition) is 1. The Balaban J connectivity index is 1.94. The molecule has 1 N–H and O–H groups in total. The molecule has 0 aromatic carbocycles. The minimum Gasteiger partial charge on any atom is -0.300 e. The van der Waals surface area contributed by atoms with Crippen molar-refractivity contribution in [3.8, 4) is 6.07 Å². The number of amides is 2. The molecule has 2 rings (SSSR count). The second-order valence-electron chi connectivity index (χ2n) is 6.73. The van der Waals surface area contributed by atoms with Crippen LogP contribution in [0.3, 0.4) is 0 Å². The fourth-order valence-corrected chi connectivity index (χ4v) is 3.14. The first kappa shape index (κ1) is 15.0. The summed E-state index contributed by atoms with van der Waals surface area (Å²) in [6.45, 7) is 8.88. The highest BCUT2D eigenvalue weighted by atomic mass is 16.2. The van der Waals surface area contributed by atoms with E-state index < -0.39 is 5.54 Å². The summed E-state index contributed by atoms with van der Waals surface area (Å²) in [5.41, 5.74) is -0.845. The van der Waals surface area contributed by atoms with Crippen LogP contribution in [0.2, 0.25) is 0 Å². The molecular weight excluding hydrogens is 254 g/mol. The molecular formula is C15H23N3O2. The summed E-state index contributed by atoms with van der Waals surface area (Å²) in [6, 6.07) is 2.25. The summed E-state index contributed by atoms with van der Waals surface area (Å²) in [6.07, 6.45) is 1.41. The maximum atomic E-state index is 12.2. The molecule has 0 spiro atoms. The Bertz CT molecular complexity index is 456. The fraction of sp³-hybridized carbons (Fsp3) is 0.800. The SMILES string of the molecule is CCCNC(C)(C#N)CCN1C(=O)C2C(C1=O)C2(C)C. The smallest absolute Gasteiger partial charge is 0.233 e. The van der Waals surface area contributed by atoms with Crippen LogP contribution >= 0.6 is 0 Å². The molecule has 1 saturated carbocycles. The van der Waals surface area contributed by atoms with Crippen molar-refractivity contribution in [2.45, 2.75) is 46.1 Å². The van der Waals surface area contributed by atoms with Crippen molar-refractivity contribution in [1.82, 2.24) is 10.2 Å². The Kier molecular flexibility index (Phi) is 3.64. The molecule has 20 heavy (non-hydrogen) atoms. The number of imide groups is 1. The molecule has 0 aromatic heterocycles. The van der Waals surface area contributed by atoms with Crippen molar-refractivity contribution < 1.29 is 9.59 Å². The second kappa shape index (κ2) is 4.85. The molecule has 3 unspecified atom stereocenters. The van der Waals surface area contributed by atoms with Crippen LogP contribution in [-0.4, -0.2) is 35.3 Å². The van der Waals surface area contributed by atoms with Gasteiger partial charge in [-0.15, -0.1) is 0 Å². The Morgan fingerprint density at radius 2 is 1.90 bits per heavy atom. The summed E-state index contributed by atoms with van der Waals surface area (Å²) >= 11 is 0. The van der Waals surface area contributed by atoms with E-state index in [2.05, 4.69) is 11.4 Å². The molecule has 110 valence electrons. The molecule has 5 nitrogen and oxygen atoms in total. The van der Waals surface area contributed by atoms with Gasteiger partial charge in [-0.25, -0.2) is 0 Å². The highest BCUT2D eigenvalue weighted by molar-refractivity contribution is 6.10. The molecule has 1 saturated heterocycles. The van der Waals surface area contributed by atoms with Crippen LogP contribution in [-0.2, 0) is 9.59 Å². The molecule has 1 aliphatic carbocycles. The Morgan fingerprint density at radius 3 is 2.35 bits per heavy atom. The highest BCUT2D eigenvalue weighted by Crippen LogP contribution is 2.63. The van der Waals surface area contributed by atoms with Crippen LogP contribution in [0.1, 0.15) is 40.5 Å². The summed E-state index contributed by atoms with van der Waals surface area (Å²) < 4.78 is 0. The van der Waals surface area contributed by atoms with E-state index in [1.165, 1.54) is 4.90 Å². The van der Waals surface area contributed by atoms with E-state index in [4.69, 9.17) is 0 Å². The van der Waals surface area contributed by atoms with E-state index in [0.717, 1.165) is 13.0 Å². The zero-order valence-electron chi connectivity index (χ0n) is 12.7. The molecule has 1 heterocycles. The third-order valence-electron chi connectivity index (χ3n) is 4.74. The van der Waals surface area contributed by atoms with Crippen LogP contribution in [0.4, 0.5) is 0 Å². The number of nitrogens with zero attached hydrogens (tertiary/aromatic N) is 2. The first-order chi connectivity index (χ1) is 9.28. The van der Waals surface area contributed by atoms with Gasteiger partial charge in [-0.05, 0) is 31.7 Å². The lowest BCUT2D eigenvalue weighted by Crippen LogP contribution is -2.46. The van der Waals surface area contributed by atoms with E-state index in [1.807, 2.05) is 27.7 Å². The number of nitrogens with one attached hydrogen (secondary N) is 1. The molecule has 0 aromatic rings. The third-order valence-corrected chi connectivity index (χ3v) is 4.74. The van der Waals surface area contributed by atoms with E-state index in [9.17, 15) is 14.9 Å². The number of fused-ring (bicyclic) bond motifs is 1. The Morgan fingerprint density at radius 1 is 1.35 bits per heavy atom. The van der Waals surface area contributed by atoms with E-state index in [-0.39, 0.29) is 29.1 Å². The lowest BCUT2D eigenvalue weighted by atomic mass is 9.98. The van der Waals surface area contributed by atoms with Crippen LogP contribution in [0.5, 0.6) is 0 Å². The number of hydrogen-bond acceptors (Lipinski definition) is 4. The summed E-state index contributed by atoms with van der Waals surface area (Å²) in [7, 11) is 0. The molecule has 5 heteroatoms. The van der Waals surface area contributed by atoms with Crippen molar-refractivity contribution in [2.75, 3.05) is 13.1 Å². The largest absolute Gasteiger partial charge is 0.300 e. The second-order valence-corrected chi connectivity index (χ2v) is 6.73. The molecule has 2 aliphatic rings. The minimum absolute atomic E-state index is 0.0548. The van der Waals surface area contributed by atoms with Crippen LogP contribution < -0.4 is 5.32 Å². The van der Waals surface area contributed by atoms with E-state index in [0.29, 0.717) is 13.0 Å². The molecule has 0 radical (unpaired) electrons. The van der Waals surface area contributed by atoms with Crippen molar-refractivity contribution in [2.24, 2.45) is 17.3 Å². The maximum Gasteiger partial charge on any atom is 0.233 e. The number of nitriles is 1. The van der Waals surface area contributed by atoms with Crippen LogP contribution in [0.15, 0.2) is 0 Å². The minimum atomic E-state index is -0.682. The molecule has 2 fully saturated rings. The Labute approximate surface area is 120 Å². The molecule has 1 aliphatic heterocycles. The Hall–Kier alpha value is -1.41. The van der Waals surface area contributed by atoms with Crippen LogP contribution in [0.25, 0.3) is 0 Å². The van der Waals surface area contributed by atoms with Gasteiger partial charge in [0, 0.05) is 6.54 Å². The summed E-state index contributed by atoms with van der Waals surface area (Å²) in [5.74, 6) is -0.375. The first-order valence-electron chi connectivity index (χ1n) is 7.30. The fourth-order valence-electron chi connectivity index (χ4n) is 3.14. The number of rotatable bonds is 6. The van der Waals surface area contributed by atoms with Gasteiger partial charge in [0.1, 0.15) is 5.54 Å². The number of carbonyl (C=O) groups is 2. The number of piperidine rings is 1. The number of likely N-dealkylation sites (tertiary alicyclic amines) is 1. The van der Waals surface area contributed by atoms with Crippen LogP contribution in [0, 0.1) is 28.6 Å². The van der Waals surface area contributed by atoms with E-state index in [1.54, 1.807) is 0 Å². The van der Waals surface area contributed by atoms with Crippen molar-refractivity contribution in [3.63, 3.8) is 0 Å². The first-order valence-corrected chi connectivity index (χ1v) is 7.30. The standard InChI is InChI=1S/C15H23N3O2/c1-5-7-17-15(4,9-16)6-8-18-12(19)10-11(13(18)20)14(10,2)3/h10-11,17H,5-8H2,1-4H3. The van der Waals surface area contributed by atoms with Crippen molar-refractivity contribution in [1.29, 1.82) is 5.26 Å². The monoisotopic (exact) mass is 277 g/mol. The maximum absolute atomic E-state index is 12.2. The van der Waals surface area contributed by atoms with Gasteiger partial charge in [0.25, 0.3) is 0 Å². The van der Waals surface area contributed by atoms with Gasteiger partial charge in [-0.1, -0.05) is 20.8 Å². The lowest BCUT2D eigenvalue weighted by molar-refractivity contribution is -0.143. The number of carbonyl (C=O) groups excluding carboxylic acids is 2. The predicted molar refractivity (Wildman–Crippen MR) is 74.4 cm³/mol. The predicted octanol–water partition coefficient (Wildman–Crippen LogP) is 1.30. The van der Waals surface area contributed by atoms with Gasteiger partial charge in [-0.2, -0.15) is 5.26 Å². The van der Waals surface area contributed by atoms with Gasteiger partial charge >= 0.3 is 0 Å². The zero-order valence-corrected chi connectivity index (χ0v) is 12.7. The van der Waals surface area contributed by atoms with Crippen molar-refractivity contribution >= 4 is 11.8 Å². The zero-order chi connectivity index (χ0) is 15.1. The van der Waals surface area contributed by atoms with Gasteiger partial charge in [0.15, 0.2) is 0 Å². The van der Waals surface area contributed by atoms with Gasteiger partial charge < -0.3 is 0 Å². The summed E-state index contributed by atoms with van der Waals surface area (Å²) in [5, 5.41) is 12.4. The average molecular weight is 277 g/mol. The highest BCUT2D eigenvalue weighted by Gasteiger charge is 2.72. The molecule has 0 bridgehead atoms. The van der Waals surface area contributed by atoms with Gasteiger partial charge in [0.2, 0.25) is 11.8 Å². The topological polar surface area (TPSA) is 73.2 Å². The average Bonchev–Trinajstić information content (AvgIpc) is 2.87. The summed E-state index contributed by atoms with van der Waals surface area (Å²) in [4.78, 5) is 25.7. The lowest BCUT2D eigenvalue weighted by Gasteiger charge is -2.27. The van der Waals surface area contributed by atoms with Crippen molar-refractivity contribution in [3.05, 3.63) is 0 Å². The van der Waals surface area contributed by atoms with Gasteiger partial charge in [0.05, 0.1) is 17.9 Å². The van der Waals surface area contributed by atoms with E-state index >= 15 is 0 Å².